The average Bonchev–Trinajstić information content (AvgIpc) is 2.34. The van der Waals surface area contributed by atoms with E-state index in [9.17, 15) is 5.11 Å². The summed E-state index contributed by atoms with van der Waals surface area (Å²) in [5.41, 5.74) is 3.60. The van der Waals surface area contributed by atoms with E-state index in [-0.39, 0.29) is 0 Å². The number of benzene rings is 2. The second-order valence-corrected chi connectivity index (χ2v) is 5.68. The van der Waals surface area contributed by atoms with Crippen molar-refractivity contribution in [1.82, 2.24) is 0 Å². The Morgan fingerprint density at radius 2 is 1.72 bits per heavy atom. The van der Waals surface area contributed by atoms with Crippen LogP contribution in [0.25, 0.3) is 0 Å². The highest BCUT2D eigenvalue weighted by Crippen LogP contribution is 2.33. The van der Waals surface area contributed by atoms with Crippen molar-refractivity contribution in [3.63, 3.8) is 0 Å². The van der Waals surface area contributed by atoms with Gasteiger partial charge in [0, 0.05) is 9.79 Å². The molecule has 2 heteroatoms. The number of aliphatic hydroxyl groups excluding tert-OH is 1. The quantitative estimate of drug-likeness (QED) is 0.874. The van der Waals surface area contributed by atoms with Crippen LogP contribution in [0.2, 0.25) is 0 Å². The van der Waals surface area contributed by atoms with Crippen molar-refractivity contribution in [3.8, 4) is 0 Å². The summed E-state index contributed by atoms with van der Waals surface area (Å²) in [6, 6.07) is 14.5. The van der Waals surface area contributed by atoms with Crippen LogP contribution < -0.4 is 0 Å². The molecule has 0 fully saturated rings. The van der Waals surface area contributed by atoms with Crippen molar-refractivity contribution in [3.05, 3.63) is 59.2 Å². The second kappa shape index (κ2) is 5.59. The summed E-state index contributed by atoms with van der Waals surface area (Å²) in [6.45, 7) is 6.05. The predicted octanol–water partition coefficient (Wildman–Crippen LogP) is 4.51. The number of aliphatic hydroxyl groups is 1. The van der Waals surface area contributed by atoms with Crippen LogP contribution in [0.1, 0.15) is 29.7 Å². The van der Waals surface area contributed by atoms with Crippen molar-refractivity contribution in [2.24, 2.45) is 0 Å². The second-order valence-electron chi connectivity index (χ2n) is 4.56. The highest BCUT2D eigenvalue weighted by molar-refractivity contribution is 7.99. The van der Waals surface area contributed by atoms with Gasteiger partial charge in [0.05, 0.1) is 6.10 Å². The fourth-order valence-corrected chi connectivity index (χ4v) is 2.95. The first-order valence-electron chi connectivity index (χ1n) is 6.10. The molecule has 1 nitrogen and oxygen atoms in total. The third-order valence-corrected chi connectivity index (χ3v) is 4.16. The molecule has 0 bridgehead atoms. The Kier molecular flexibility index (Phi) is 4.10. The van der Waals surface area contributed by atoms with Crippen LogP contribution in [-0.4, -0.2) is 5.11 Å². The summed E-state index contributed by atoms with van der Waals surface area (Å²) in [5.74, 6) is 0. The fraction of sp³-hybridized carbons (Fsp3) is 0.250. The van der Waals surface area contributed by atoms with Gasteiger partial charge < -0.3 is 5.11 Å². The lowest BCUT2D eigenvalue weighted by Gasteiger charge is -2.12. The SMILES string of the molecule is Cc1ccc(Sc2ccccc2C(C)O)cc1C. The Hall–Kier alpha value is -1.25. The molecule has 1 N–H and O–H groups in total. The summed E-state index contributed by atoms with van der Waals surface area (Å²) in [6.07, 6.45) is -0.430. The molecule has 2 aromatic rings. The van der Waals surface area contributed by atoms with E-state index in [4.69, 9.17) is 0 Å². The Balaban J connectivity index is 2.31. The molecule has 0 aliphatic heterocycles. The highest BCUT2D eigenvalue weighted by Gasteiger charge is 2.08. The minimum atomic E-state index is -0.430. The molecule has 0 aromatic heterocycles. The van der Waals surface area contributed by atoms with Gasteiger partial charge in [-0.2, -0.15) is 0 Å². The first-order chi connectivity index (χ1) is 8.58. The molecule has 1 atom stereocenters. The summed E-state index contributed by atoms with van der Waals surface area (Å²) in [4.78, 5) is 2.34. The number of rotatable bonds is 3. The van der Waals surface area contributed by atoms with Gasteiger partial charge in [0.2, 0.25) is 0 Å². The van der Waals surface area contributed by atoms with Crippen LogP contribution in [-0.2, 0) is 0 Å². The summed E-state index contributed by atoms with van der Waals surface area (Å²) >= 11 is 1.71. The van der Waals surface area contributed by atoms with E-state index < -0.39 is 6.10 Å². The zero-order valence-corrected chi connectivity index (χ0v) is 11.8. The fourth-order valence-electron chi connectivity index (χ4n) is 1.82. The highest BCUT2D eigenvalue weighted by atomic mass is 32.2. The van der Waals surface area contributed by atoms with Gasteiger partial charge in [-0.15, -0.1) is 0 Å². The van der Waals surface area contributed by atoms with Gasteiger partial charge in [-0.25, -0.2) is 0 Å². The molecule has 0 spiro atoms. The lowest BCUT2D eigenvalue weighted by Crippen LogP contribution is -1.93. The molecule has 0 aliphatic rings. The molecule has 0 aliphatic carbocycles. The number of hydrogen-bond donors (Lipinski definition) is 1. The van der Waals surface area contributed by atoms with Gasteiger partial charge in [-0.3, -0.25) is 0 Å². The lowest BCUT2D eigenvalue weighted by molar-refractivity contribution is 0.196. The van der Waals surface area contributed by atoms with Crippen molar-refractivity contribution in [1.29, 1.82) is 0 Å². The predicted molar refractivity (Wildman–Crippen MR) is 77.1 cm³/mol. The monoisotopic (exact) mass is 258 g/mol. The van der Waals surface area contributed by atoms with E-state index in [1.165, 1.54) is 16.0 Å². The number of hydrogen-bond acceptors (Lipinski definition) is 2. The first-order valence-corrected chi connectivity index (χ1v) is 6.91. The molecule has 0 heterocycles. The average molecular weight is 258 g/mol. The van der Waals surface area contributed by atoms with Gasteiger partial charge >= 0.3 is 0 Å². The zero-order chi connectivity index (χ0) is 13.1. The van der Waals surface area contributed by atoms with E-state index in [1.54, 1.807) is 18.7 Å². The maximum absolute atomic E-state index is 9.77. The van der Waals surface area contributed by atoms with Crippen LogP contribution in [0.5, 0.6) is 0 Å². The van der Waals surface area contributed by atoms with Gasteiger partial charge in [0.1, 0.15) is 0 Å². The Labute approximate surface area is 113 Å². The molecule has 0 saturated heterocycles. The summed E-state index contributed by atoms with van der Waals surface area (Å²) in [7, 11) is 0. The van der Waals surface area contributed by atoms with E-state index in [1.807, 2.05) is 18.2 Å². The van der Waals surface area contributed by atoms with Gasteiger partial charge in [-0.05, 0) is 55.7 Å². The summed E-state index contributed by atoms with van der Waals surface area (Å²) < 4.78 is 0. The molecule has 2 rings (SSSR count). The van der Waals surface area contributed by atoms with Crippen molar-refractivity contribution >= 4 is 11.8 Å². The minimum Gasteiger partial charge on any atom is -0.389 e. The van der Waals surface area contributed by atoms with Crippen LogP contribution in [0.15, 0.2) is 52.3 Å². The van der Waals surface area contributed by atoms with Crippen molar-refractivity contribution in [2.75, 3.05) is 0 Å². The third kappa shape index (κ3) is 2.95. The van der Waals surface area contributed by atoms with Crippen LogP contribution in [0.4, 0.5) is 0 Å². The molecule has 94 valence electrons. The first kappa shape index (κ1) is 13.2. The molecular weight excluding hydrogens is 240 g/mol. The maximum atomic E-state index is 9.77. The minimum absolute atomic E-state index is 0.430. The number of aryl methyl sites for hydroxylation is 2. The topological polar surface area (TPSA) is 20.2 Å². The smallest absolute Gasteiger partial charge is 0.0772 e. The summed E-state index contributed by atoms with van der Waals surface area (Å²) in [5, 5.41) is 9.77. The Morgan fingerprint density at radius 1 is 1.00 bits per heavy atom. The van der Waals surface area contributed by atoms with Crippen molar-refractivity contribution < 1.29 is 5.11 Å². The van der Waals surface area contributed by atoms with E-state index in [0.29, 0.717) is 0 Å². The third-order valence-electron chi connectivity index (χ3n) is 3.08. The zero-order valence-electron chi connectivity index (χ0n) is 11.0. The van der Waals surface area contributed by atoms with E-state index in [2.05, 4.69) is 38.1 Å². The van der Waals surface area contributed by atoms with Gasteiger partial charge in [-0.1, -0.05) is 36.0 Å². The standard InChI is InChI=1S/C16H18OS/c1-11-8-9-14(10-12(11)2)18-16-7-5-4-6-15(16)13(3)17/h4-10,13,17H,1-3H3. The molecule has 1 unspecified atom stereocenters. The molecule has 18 heavy (non-hydrogen) atoms. The molecular formula is C16H18OS. The Morgan fingerprint density at radius 3 is 2.39 bits per heavy atom. The van der Waals surface area contributed by atoms with E-state index >= 15 is 0 Å². The molecule has 0 saturated carbocycles. The van der Waals surface area contributed by atoms with Crippen molar-refractivity contribution in [2.45, 2.75) is 36.7 Å². The van der Waals surface area contributed by atoms with Crippen LogP contribution >= 0.6 is 11.8 Å². The largest absolute Gasteiger partial charge is 0.389 e. The van der Waals surface area contributed by atoms with Gasteiger partial charge in [0.25, 0.3) is 0 Å². The lowest BCUT2D eigenvalue weighted by atomic mass is 10.1. The normalized spacial score (nSPS) is 12.4. The maximum Gasteiger partial charge on any atom is 0.0772 e. The Bertz CT molecular complexity index is 547. The van der Waals surface area contributed by atoms with Crippen LogP contribution in [0, 0.1) is 13.8 Å². The van der Waals surface area contributed by atoms with Gasteiger partial charge in [0.15, 0.2) is 0 Å². The van der Waals surface area contributed by atoms with Crippen LogP contribution in [0.3, 0.4) is 0 Å². The molecule has 0 amide bonds. The molecule has 2 aromatic carbocycles. The van der Waals surface area contributed by atoms with E-state index in [0.717, 1.165) is 10.5 Å². The molecule has 0 radical (unpaired) electrons.